The van der Waals surface area contributed by atoms with Gasteiger partial charge in [-0.3, -0.25) is 10.1 Å². The van der Waals surface area contributed by atoms with E-state index in [2.05, 4.69) is 30.6 Å². The van der Waals surface area contributed by atoms with Crippen LogP contribution in [-0.4, -0.2) is 25.8 Å². The van der Waals surface area contributed by atoms with Crippen molar-refractivity contribution in [1.82, 2.24) is 19.9 Å². The molecule has 24 heavy (non-hydrogen) atoms. The highest BCUT2D eigenvalue weighted by Crippen LogP contribution is 2.23. The van der Waals surface area contributed by atoms with Gasteiger partial charge in [0, 0.05) is 21.6 Å². The van der Waals surface area contributed by atoms with Crippen LogP contribution in [0.15, 0.2) is 11.4 Å². The van der Waals surface area contributed by atoms with Gasteiger partial charge in [0.2, 0.25) is 5.95 Å². The number of hydrogen-bond donors (Lipinski definition) is 2. The molecule has 0 saturated heterocycles. The summed E-state index contributed by atoms with van der Waals surface area (Å²) in [5, 5.41) is 8.63. The summed E-state index contributed by atoms with van der Waals surface area (Å²) in [5.41, 5.74) is 2.99. The van der Waals surface area contributed by atoms with E-state index in [4.69, 9.17) is 0 Å². The molecule has 3 heterocycles. The fraction of sp³-hybridized carbons (Fsp3) is 0.267. The minimum absolute atomic E-state index is 0.283. The summed E-state index contributed by atoms with van der Waals surface area (Å²) in [4.78, 5) is 30.5. The number of carbonyl (C=O) groups is 1. The predicted molar refractivity (Wildman–Crippen MR) is 96.4 cm³/mol. The monoisotopic (exact) mass is 360 g/mol. The van der Waals surface area contributed by atoms with E-state index in [0.29, 0.717) is 21.9 Å². The van der Waals surface area contributed by atoms with Crippen molar-refractivity contribution in [2.75, 3.05) is 10.6 Å². The summed E-state index contributed by atoms with van der Waals surface area (Å²) in [6, 6.07) is 1.89. The Morgan fingerprint density at radius 2 is 1.71 bits per heavy atom. The Hall–Kier alpha value is -2.39. The van der Waals surface area contributed by atoms with Crippen molar-refractivity contribution in [2.45, 2.75) is 27.7 Å². The number of amides is 1. The number of thiazole rings is 2. The van der Waals surface area contributed by atoms with Crippen LogP contribution in [0.5, 0.6) is 0 Å². The molecule has 0 bridgehead atoms. The van der Waals surface area contributed by atoms with E-state index < -0.39 is 0 Å². The first-order valence-electron chi connectivity index (χ1n) is 7.21. The van der Waals surface area contributed by atoms with Crippen molar-refractivity contribution in [3.8, 4) is 0 Å². The van der Waals surface area contributed by atoms with Gasteiger partial charge in [-0.15, -0.1) is 22.7 Å². The summed E-state index contributed by atoms with van der Waals surface area (Å²) < 4.78 is 0. The summed E-state index contributed by atoms with van der Waals surface area (Å²) in [6.45, 7) is 7.69. The van der Waals surface area contributed by atoms with Crippen molar-refractivity contribution in [3.05, 3.63) is 39.1 Å². The third-order valence-corrected chi connectivity index (χ3v) is 4.93. The Morgan fingerprint density at radius 3 is 2.33 bits per heavy atom. The molecular weight excluding hydrogens is 344 g/mol. The average molecular weight is 360 g/mol. The molecule has 0 aliphatic heterocycles. The molecule has 9 heteroatoms. The predicted octanol–water partition coefficient (Wildman–Crippen LogP) is 3.62. The van der Waals surface area contributed by atoms with Crippen LogP contribution < -0.4 is 10.6 Å². The first-order chi connectivity index (χ1) is 11.4. The number of anilines is 3. The van der Waals surface area contributed by atoms with Crippen molar-refractivity contribution >= 4 is 44.8 Å². The second kappa shape index (κ2) is 6.62. The summed E-state index contributed by atoms with van der Waals surface area (Å²) in [7, 11) is 0. The molecule has 0 spiro atoms. The standard InChI is InChI=1S/C15H16N6OS2/c1-7-5-8(2)17-13(16-7)21-14-19-11(6-23-14)12(22)20-15-18-9(3)10(4)24-15/h5-6H,1-4H3,(H,18,20,22)(H,16,17,19,21). The largest absolute Gasteiger partial charge is 0.300 e. The van der Waals surface area contributed by atoms with E-state index >= 15 is 0 Å². The van der Waals surface area contributed by atoms with Gasteiger partial charge in [0.25, 0.3) is 5.91 Å². The lowest BCUT2D eigenvalue weighted by Crippen LogP contribution is -2.12. The van der Waals surface area contributed by atoms with Gasteiger partial charge in [-0.1, -0.05) is 0 Å². The minimum Gasteiger partial charge on any atom is -0.300 e. The molecule has 0 fully saturated rings. The maximum Gasteiger partial charge on any atom is 0.276 e. The molecule has 0 aromatic carbocycles. The Kier molecular flexibility index (Phi) is 4.54. The zero-order chi connectivity index (χ0) is 17.3. The van der Waals surface area contributed by atoms with Crippen LogP contribution in [0.4, 0.5) is 16.2 Å². The lowest BCUT2D eigenvalue weighted by Gasteiger charge is -2.03. The highest BCUT2D eigenvalue weighted by molar-refractivity contribution is 7.16. The number of hydrogen-bond acceptors (Lipinski definition) is 8. The second-order valence-corrected chi connectivity index (χ2v) is 7.31. The third kappa shape index (κ3) is 3.74. The molecular formula is C15H16N6OS2. The van der Waals surface area contributed by atoms with Gasteiger partial charge < -0.3 is 5.32 Å². The third-order valence-electron chi connectivity index (χ3n) is 3.19. The topological polar surface area (TPSA) is 92.7 Å². The minimum atomic E-state index is -0.283. The lowest BCUT2D eigenvalue weighted by molar-refractivity contribution is 0.102. The molecule has 0 atom stereocenters. The molecule has 2 N–H and O–H groups in total. The normalized spacial score (nSPS) is 10.7. The molecule has 0 saturated carbocycles. The van der Waals surface area contributed by atoms with E-state index in [1.807, 2.05) is 33.8 Å². The number of nitrogens with one attached hydrogen (secondary N) is 2. The summed E-state index contributed by atoms with van der Waals surface area (Å²) >= 11 is 2.77. The van der Waals surface area contributed by atoms with Gasteiger partial charge in [0.05, 0.1) is 5.69 Å². The van der Waals surface area contributed by atoms with Crippen LogP contribution in [0.1, 0.15) is 32.4 Å². The molecule has 0 aliphatic carbocycles. The van der Waals surface area contributed by atoms with Crippen LogP contribution >= 0.6 is 22.7 Å². The number of rotatable bonds is 4. The Morgan fingerprint density at radius 1 is 1.00 bits per heavy atom. The van der Waals surface area contributed by atoms with Crippen molar-refractivity contribution in [3.63, 3.8) is 0 Å². The number of aromatic nitrogens is 4. The van der Waals surface area contributed by atoms with Crippen LogP contribution in [-0.2, 0) is 0 Å². The highest BCUT2D eigenvalue weighted by Gasteiger charge is 2.14. The van der Waals surface area contributed by atoms with Crippen molar-refractivity contribution in [1.29, 1.82) is 0 Å². The Balaban J connectivity index is 1.71. The number of carbonyl (C=O) groups excluding carboxylic acids is 1. The SMILES string of the molecule is Cc1cc(C)nc(Nc2nc(C(=O)Nc3nc(C)c(C)s3)cs2)n1. The summed E-state index contributed by atoms with van der Waals surface area (Å²) in [6.07, 6.45) is 0. The maximum absolute atomic E-state index is 12.2. The van der Waals surface area contributed by atoms with E-state index in [1.54, 1.807) is 5.38 Å². The fourth-order valence-electron chi connectivity index (χ4n) is 2.00. The average Bonchev–Trinajstić information content (AvgIpc) is 3.05. The van der Waals surface area contributed by atoms with Gasteiger partial charge in [-0.25, -0.2) is 19.9 Å². The van der Waals surface area contributed by atoms with Gasteiger partial charge in [0.1, 0.15) is 5.69 Å². The number of nitrogens with zero attached hydrogens (tertiary/aromatic N) is 4. The van der Waals surface area contributed by atoms with Gasteiger partial charge in [-0.2, -0.15) is 0 Å². The summed E-state index contributed by atoms with van der Waals surface area (Å²) in [5.74, 6) is 0.189. The molecule has 3 rings (SSSR count). The zero-order valence-corrected chi connectivity index (χ0v) is 15.3. The first-order valence-corrected chi connectivity index (χ1v) is 8.90. The van der Waals surface area contributed by atoms with Crippen LogP contribution in [0, 0.1) is 27.7 Å². The quantitative estimate of drug-likeness (QED) is 0.738. The molecule has 124 valence electrons. The molecule has 0 radical (unpaired) electrons. The first kappa shape index (κ1) is 16.5. The molecule has 0 aliphatic rings. The van der Waals surface area contributed by atoms with Crippen LogP contribution in [0.3, 0.4) is 0 Å². The fourth-order valence-corrected chi connectivity index (χ4v) is 3.49. The van der Waals surface area contributed by atoms with Crippen molar-refractivity contribution < 1.29 is 4.79 Å². The molecule has 0 unspecified atom stereocenters. The molecule has 7 nitrogen and oxygen atoms in total. The van der Waals surface area contributed by atoms with Gasteiger partial charge >= 0.3 is 0 Å². The van der Waals surface area contributed by atoms with E-state index in [0.717, 1.165) is 22.0 Å². The van der Waals surface area contributed by atoms with E-state index in [-0.39, 0.29) is 5.91 Å². The Labute approximate surface area is 147 Å². The van der Waals surface area contributed by atoms with Crippen LogP contribution in [0.2, 0.25) is 0 Å². The second-order valence-electron chi connectivity index (χ2n) is 5.25. The van der Waals surface area contributed by atoms with Crippen molar-refractivity contribution in [2.24, 2.45) is 0 Å². The van der Waals surface area contributed by atoms with E-state index in [1.165, 1.54) is 22.7 Å². The highest BCUT2D eigenvalue weighted by atomic mass is 32.1. The molecule has 3 aromatic rings. The van der Waals surface area contributed by atoms with Gasteiger partial charge in [0.15, 0.2) is 10.3 Å². The molecule has 3 aromatic heterocycles. The smallest absolute Gasteiger partial charge is 0.276 e. The number of aryl methyl sites for hydroxylation is 4. The lowest BCUT2D eigenvalue weighted by atomic mass is 10.4. The van der Waals surface area contributed by atoms with Crippen LogP contribution in [0.25, 0.3) is 0 Å². The van der Waals surface area contributed by atoms with Gasteiger partial charge in [-0.05, 0) is 33.8 Å². The molecule has 1 amide bonds. The Bertz CT molecular complexity index is 862. The maximum atomic E-state index is 12.2. The van der Waals surface area contributed by atoms with E-state index in [9.17, 15) is 4.79 Å². The zero-order valence-electron chi connectivity index (χ0n) is 13.7.